The molecule has 4 heterocycles. The molecule has 0 bridgehead atoms. The van der Waals surface area contributed by atoms with Crippen molar-refractivity contribution >= 4 is 27.8 Å². The van der Waals surface area contributed by atoms with Crippen molar-refractivity contribution in [1.82, 2.24) is 19.9 Å². The second-order valence-corrected chi connectivity index (χ2v) is 7.44. The molecule has 1 aliphatic rings. The summed E-state index contributed by atoms with van der Waals surface area (Å²) in [6.07, 6.45) is 8.46. The minimum atomic E-state index is 0.285. The van der Waals surface area contributed by atoms with Gasteiger partial charge in [0.25, 0.3) is 0 Å². The fraction of sp³-hybridized carbons (Fsp3) is 0.450. The number of piperidine rings is 1. The number of rotatable bonds is 3. The van der Waals surface area contributed by atoms with Gasteiger partial charge in [0.05, 0.1) is 11.7 Å². The van der Waals surface area contributed by atoms with Crippen molar-refractivity contribution < 1.29 is 4.79 Å². The van der Waals surface area contributed by atoms with Crippen LogP contribution in [0.4, 0.5) is 0 Å². The van der Waals surface area contributed by atoms with Gasteiger partial charge >= 0.3 is 0 Å². The Kier molecular flexibility index (Phi) is 4.15. The molecule has 0 spiro atoms. The number of nitrogens with one attached hydrogen (secondary N) is 1. The molecule has 1 unspecified atom stereocenters. The van der Waals surface area contributed by atoms with Crippen LogP contribution < -0.4 is 0 Å². The Balaban J connectivity index is 1.71. The van der Waals surface area contributed by atoms with Crippen LogP contribution in [0.5, 0.6) is 0 Å². The third-order valence-electron chi connectivity index (χ3n) is 5.12. The zero-order chi connectivity index (χ0) is 17.4. The molecule has 0 aliphatic carbocycles. The highest BCUT2D eigenvalue weighted by Crippen LogP contribution is 2.34. The molecular weight excluding hydrogens is 312 g/mol. The highest BCUT2D eigenvalue weighted by molar-refractivity contribution is 6.05. The zero-order valence-corrected chi connectivity index (χ0v) is 14.8. The average Bonchev–Trinajstić information content (AvgIpc) is 3.09. The summed E-state index contributed by atoms with van der Waals surface area (Å²) in [6.45, 7) is 5.90. The van der Waals surface area contributed by atoms with Gasteiger partial charge < -0.3 is 9.88 Å². The Labute approximate surface area is 147 Å². The van der Waals surface area contributed by atoms with E-state index in [2.05, 4.69) is 39.8 Å². The summed E-state index contributed by atoms with van der Waals surface area (Å²) >= 11 is 0. The molecule has 25 heavy (non-hydrogen) atoms. The van der Waals surface area contributed by atoms with Gasteiger partial charge in [0.15, 0.2) is 5.65 Å². The number of carbonyl (C=O) groups is 1. The van der Waals surface area contributed by atoms with Crippen molar-refractivity contribution in [2.75, 3.05) is 13.1 Å². The summed E-state index contributed by atoms with van der Waals surface area (Å²) in [6, 6.07) is 4.20. The summed E-state index contributed by atoms with van der Waals surface area (Å²) < 4.78 is 0. The van der Waals surface area contributed by atoms with Gasteiger partial charge in [0.2, 0.25) is 5.91 Å². The SMILES string of the molecule is CC(C)CC(=O)N1CCCC(c2cc[nH]c3cnc4nccc4c23)C1. The topological polar surface area (TPSA) is 61.9 Å². The number of likely N-dealkylation sites (tertiary alicyclic amines) is 1. The quantitative estimate of drug-likeness (QED) is 0.790. The lowest BCUT2D eigenvalue weighted by atomic mass is 9.88. The number of fused-ring (bicyclic) bond motifs is 3. The second-order valence-electron chi connectivity index (χ2n) is 7.44. The van der Waals surface area contributed by atoms with Crippen molar-refractivity contribution in [2.45, 2.75) is 39.0 Å². The molecule has 4 rings (SSSR count). The molecule has 1 atom stereocenters. The van der Waals surface area contributed by atoms with E-state index in [0.717, 1.165) is 42.5 Å². The number of aromatic nitrogens is 3. The molecule has 0 aromatic carbocycles. The molecule has 1 fully saturated rings. The fourth-order valence-corrected chi connectivity index (χ4v) is 3.96. The number of pyridine rings is 2. The third kappa shape index (κ3) is 2.99. The predicted octanol–water partition coefficient (Wildman–Crippen LogP) is 3.86. The molecule has 5 heteroatoms. The monoisotopic (exact) mass is 336 g/mol. The van der Waals surface area contributed by atoms with Gasteiger partial charge in [-0.05, 0) is 36.5 Å². The first-order valence-corrected chi connectivity index (χ1v) is 9.12. The van der Waals surface area contributed by atoms with Crippen molar-refractivity contribution in [3.8, 4) is 0 Å². The largest absolute Gasteiger partial charge is 0.360 e. The maximum absolute atomic E-state index is 12.5. The number of carbonyl (C=O) groups excluding carboxylic acids is 1. The number of H-pyrrole nitrogens is 1. The molecule has 1 saturated heterocycles. The van der Waals surface area contributed by atoms with E-state index in [1.165, 1.54) is 10.9 Å². The second kappa shape index (κ2) is 6.47. The van der Waals surface area contributed by atoms with Gasteiger partial charge in [-0.25, -0.2) is 9.97 Å². The minimum absolute atomic E-state index is 0.285. The van der Waals surface area contributed by atoms with Gasteiger partial charge in [-0.15, -0.1) is 0 Å². The van der Waals surface area contributed by atoms with E-state index in [1.54, 1.807) is 0 Å². The normalized spacial score (nSPS) is 18.4. The number of nitrogens with zero attached hydrogens (tertiary/aromatic N) is 3. The zero-order valence-electron chi connectivity index (χ0n) is 14.8. The molecule has 3 aromatic rings. The summed E-state index contributed by atoms with van der Waals surface area (Å²) in [4.78, 5) is 26.6. The minimum Gasteiger partial charge on any atom is -0.360 e. The van der Waals surface area contributed by atoms with Crippen LogP contribution in [0.3, 0.4) is 0 Å². The summed E-state index contributed by atoms with van der Waals surface area (Å²) in [7, 11) is 0. The van der Waals surface area contributed by atoms with Gasteiger partial charge in [-0.2, -0.15) is 0 Å². The Hall–Kier alpha value is -2.43. The Bertz CT molecular complexity index is 914. The van der Waals surface area contributed by atoms with Crippen LogP contribution in [-0.4, -0.2) is 38.8 Å². The van der Waals surface area contributed by atoms with E-state index in [9.17, 15) is 4.79 Å². The number of amides is 1. The average molecular weight is 336 g/mol. The van der Waals surface area contributed by atoms with Crippen LogP contribution in [0, 0.1) is 5.92 Å². The summed E-state index contributed by atoms with van der Waals surface area (Å²) in [5, 5.41) is 2.29. The van der Waals surface area contributed by atoms with Gasteiger partial charge in [0.1, 0.15) is 0 Å². The number of hydrogen-bond acceptors (Lipinski definition) is 3. The molecule has 1 amide bonds. The Morgan fingerprint density at radius 2 is 2.24 bits per heavy atom. The first-order valence-electron chi connectivity index (χ1n) is 9.12. The first kappa shape index (κ1) is 16.1. The lowest BCUT2D eigenvalue weighted by molar-refractivity contribution is -0.133. The molecule has 0 saturated carbocycles. The van der Waals surface area contributed by atoms with Crippen LogP contribution in [0.15, 0.2) is 30.7 Å². The van der Waals surface area contributed by atoms with Crippen molar-refractivity contribution in [3.05, 3.63) is 36.3 Å². The van der Waals surface area contributed by atoms with Crippen LogP contribution in [-0.2, 0) is 4.79 Å². The van der Waals surface area contributed by atoms with E-state index in [1.807, 2.05) is 24.7 Å². The van der Waals surface area contributed by atoms with Crippen LogP contribution >= 0.6 is 0 Å². The van der Waals surface area contributed by atoms with Crippen molar-refractivity contribution in [1.29, 1.82) is 0 Å². The molecule has 130 valence electrons. The highest BCUT2D eigenvalue weighted by Gasteiger charge is 2.26. The molecular formula is C20H24N4O. The van der Waals surface area contributed by atoms with Crippen LogP contribution in [0.1, 0.15) is 44.6 Å². The number of hydrogen-bond donors (Lipinski definition) is 1. The third-order valence-corrected chi connectivity index (χ3v) is 5.12. The van der Waals surface area contributed by atoms with Gasteiger partial charge in [0, 0.05) is 48.6 Å². The maximum Gasteiger partial charge on any atom is 0.222 e. The predicted molar refractivity (Wildman–Crippen MR) is 99.4 cm³/mol. The van der Waals surface area contributed by atoms with E-state index in [4.69, 9.17) is 0 Å². The van der Waals surface area contributed by atoms with Crippen LogP contribution in [0.2, 0.25) is 0 Å². The molecule has 3 aromatic heterocycles. The van der Waals surface area contributed by atoms with E-state index < -0.39 is 0 Å². The molecule has 1 aliphatic heterocycles. The Morgan fingerprint density at radius 1 is 1.36 bits per heavy atom. The lowest BCUT2D eigenvalue weighted by Crippen LogP contribution is -2.39. The molecule has 5 nitrogen and oxygen atoms in total. The van der Waals surface area contributed by atoms with Crippen LogP contribution in [0.25, 0.3) is 21.9 Å². The van der Waals surface area contributed by atoms with Gasteiger partial charge in [-0.3, -0.25) is 4.79 Å². The summed E-state index contributed by atoms with van der Waals surface area (Å²) in [5.41, 5.74) is 3.12. The van der Waals surface area contributed by atoms with Crippen molar-refractivity contribution in [3.63, 3.8) is 0 Å². The first-order chi connectivity index (χ1) is 12.1. The maximum atomic E-state index is 12.5. The standard InChI is InChI=1S/C20H24N4O/c1-13(2)10-18(25)24-9-3-4-14(12-24)15-5-7-21-17-11-23-20-16(19(15)17)6-8-22-20/h5-8,11,13-14,21H,3-4,9-10,12H2,1-2H3. The smallest absolute Gasteiger partial charge is 0.222 e. The van der Waals surface area contributed by atoms with Crippen molar-refractivity contribution in [2.24, 2.45) is 5.92 Å². The fourth-order valence-electron chi connectivity index (χ4n) is 3.96. The van der Waals surface area contributed by atoms with E-state index in [-0.39, 0.29) is 5.91 Å². The number of aromatic amines is 1. The van der Waals surface area contributed by atoms with E-state index >= 15 is 0 Å². The van der Waals surface area contributed by atoms with E-state index in [0.29, 0.717) is 18.3 Å². The Morgan fingerprint density at radius 3 is 3.08 bits per heavy atom. The lowest BCUT2D eigenvalue weighted by Gasteiger charge is -2.34. The molecule has 0 radical (unpaired) electrons. The summed E-state index contributed by atoms with van der Waals surface area (Å²) in [5.74, 6) is 1.05. The molecule has 1 N–H and O–H groups in total. The highest BCUT2D eigenvalue weighted by atomic mass is 16.2. The van der Waals surface area contributed by atoms with Gasteiger partial charge in [-0.1, -0.05) is 13.8 Å².